The lowest BCUT2D eigenvalue weighted by Crippen LogP contribution is -2.59. The van der Waals surface area contributed by atoms with E-state index in [2.05, 4.69) is 39.8 Å². The monoisotopic (exact) mass is 431 g/mol. The summed E-state index contributed by atoms with van der Waals surface area (Å²) >= 11 is 0. The number of aliphatic hydroxyl groups excluding tert-OH is 2. The molecule has 4 aliphatic carbocycles. The van der Waals surface area contributed by atoms with Crippen molar-refractivity contribution in [1.82, 2.24) is 0 Å². The van der Waals surface area contributed by atoms with Gasteiger partial charge in [-0.25, -0.2) is 0 Å². The Hall–Kier alpha value is -0.870. The van der Waals surface area contributed by atoms with E-state index < -0.39 is 12.2 Å². The van der Waals surface area contributed by atoms with Crippen LogP contribution >= 0.6 is 0 Å². The predicted molar refractivity (Wildman–Crippen MR) is 125 cm³/mol. The molecular weight excluding hydrogens is 386 g/mol. The van der Waals surface area contributed by atoms with Gasteiger partial charge in [-0.1, -0.05) is 65.1 Å². The van der Waals surface area contributed by atoms with E-state index in [9.17, 15) is 15.4 Å². The standard InChI is InChI=1S/C27H45NO3/c1-16(2)7-6-8-17(3)19-9-10-20-23-21(12-14-26(19,20)4)27(5)13-11-18(29)15-22(27)24(28-31)25(23)30/h15-21,23,25,29-31H,6-14H2,1-5H3/b28-24-/t17-,18+,19-,20+,21+,23+,25+,26-,27-/m1/s1. The van der Waals surface area contributed by atoms with Crippen molar-refractivity contribution in [1.29, 1.82) is 0 Å². The smallest absolute Gasteiger partial charge is 0.112 e. The molecule has 0 amide bonds. The quantitative estimate of drug-likeness (QED) is 0.380. The summed E-state index contributed by atoms with van der Waals surface area (Å²) in [6.07, 6.45) is 11.1. The Morgan fingerprint density at radius 2 is 1.74 bits per heavy atom. The molecule has 0 spiro atoms. The van der Waals surface area contributed by atoms with Gasteiger partial charge < -0.3 is 15.4 Å². The second-order valence-corrected chi connectivity index (χ2v) is 12.4. The van der Waals surface area contributed by atoms with Gasteiger partial charge in [0.15, 0.2) is 0 Å². The van der Waals surface area contributed by atoms with Crippen LogP contribution in [0.15, 0.2) is 16.8 Å². The van der Waals surface area contributed by atoms with Gasteiger partial charge in [-0.05, 0) is 90.4 Å². The van der Waals surface area contributed by atoms with Crippen LogP contribution in [0.1, 0.15) is 92.4 Å². The van der Waals surface area contributed by atoms with Gasteiger partial charge in [0.25, 0.3) is 0 Å². The molecule has 31 heavy (non-hydrogen) atoms. The topological polar surface area (TPSA) is 73.1 Å². The molecule has 0 saturated heterocycles. The molecule has 176 valence electrons. The fourth-order valence-electron chi connectivity index (χ4n) is 8.67. The first kappa shape index (κ1) is 23.3. The van der Waals surface area contributed by atoms with Gasteiger partial charge in [0.2, 0.25) is 0 Å². The van der Waals surface area contributed by atoms with Gasteiger partial charge in [0, 0.05) is 0 Å². The SMILES string of the molecule is CC(C)CCC[C@@H](C)[C@H]1CC[C@H]2[C@@H]3[C@H](O)/C(=N\O)C4=C[C@@H](O)CC[C@]4(C)[C@H]3CC[C@]12C. The lowest BCUT2D eigenvalue weighted by Gasteiger charge is -2.60. The van der Waals surface area contributed by atoms with Crippen LogP contribution in [0.2, 0.25) is 0 Å². The normalized spacial score (nSPS) is 47.0. The molecule has 0 heterocycles. The van der Waals surface area contributed by atoms with Crippen molar-refractivity contribution in [3.05, 3.63) is 11.6 Å². The van der Waals surface area contributed by atoms with Gasteiger partial charge >= 0.3 is 0 Å². The second kappa shape index (κ2) is 8.48. The summed E-state index contributed by atoms with van der Waals surface area (Å²) in [5, 5.41) is 35.2. The summed E-state index contributed by atoms with van der Waals surface area (Å²) in [6, 6.07) is 0. The minimum Gasteiger partial charge on any atom is -0.411 e. The minimum atomic E-state index is -0.723. The Kier molecular flexibility index (Phi) is 6.37. The Balaban J connectivity index is 1.61. The van der Waals surface area contributed by atoms with Crippen molar-refractivity contribution < 1.29 is 15.4 Å². The zero-order chi connectivity index (χ0) is 22.6. The molecule has 0 aliphatic heterocycles. The number of hydrogen-bond donors (Lipinski definition) is 3. The predicted octanol–water partition coefficient (Wildman–Crippen LogP) is 5.80. The van der Waals surface area contributed by atoms with Gasteiger partial charge in [-0.2, -0.15) is 0 Å². The molecule has 0 aromatic rings. The highest BCUT2D eigenvalue weighted by Gasteiger charge is 2.63. The number of oxime groups is 1. The summed E-state index contributed by atoms with van der Waals surface area (Å²) in [4.78, 5) is 0. The van der Waals surface area contributed by atoms with Crippen LogP contribution in [-0.2, 0) is 0 Å². The van der Waals surface area contributed by atoms with Crippen LogP contribution in [-0.4, -0.2) is 33.3 Å². The molecule has 3 saturated carbocycles. The van der Waals surface area contributed by atoms with Crippen molar-refractivity contribution in [3.63, 3.8) is 0 Å². The van der Waals surface area contributed by atoms with E-state index in [1.165, 1.54) is 38.5 Å². The average molecular weight is 432 g/mol. The Morgan fingerprint density at radius 1 is 1.00 bits per heavy atom. The number of hydrogen-bond acceptors (Lipinski definition) is 4. The van der Waals surface area contributed by atoms with Crippen LogP contribution in [0, 0.1) is 46.3 Å². The van der Waals surface area contributed by atoms with Gasteiger partial charge in [0.1, 0.15) is 11.8 Å². The lowest BCUT2D eigenvalue weighted by molar-refractivity contribution is -0.0863. The van der Waals surface area contributed by atoms with Crippen LogP contribution in [0.3, 0.4) is 0 Å². The first-order valence-corrected chi connectivity index (χ1v) is 12.9. The Labute approximate surface area is 189 Å². The number of rotatable bonds is 5. The number of aliphatic hydroxyl groups is 2. The highest BCUT2D eigenvalue weighted by Crippen LogP contribution is 2.67. The summed E-state index contributed by atoms with van der Waals surface area (Å²) < 4.78 is 0. The zero-order valence-corrected chi connectivity index (χ0v) is 20.3. The maximum atomic E-state index is 11.5. The van der Waals surface area contributed by atoms with Crippen LogP contribution in [0.4, 0.5) is 0 Å². The third-order valence-corrected chi connectivity index (χ3v) is 10.3. The molecule has 0 aromatic carbocycles. The van der Waals surface area contributed by atoms with Crippen molar-refractivity contribution in [2.45, 2.75) is 105 Å². The third-order valence-electron chi connectivity index (χ3n) is 10.3. The van der Waals surface area contributed by atoms with E-state index in [0.29, 0.717) is 17.5 Å². The third kappa shape index (κ3) is 3.70. The molecule has 4 rings (SSSR count). The van der Waals surface area contributed by atoms with Gasteiger partial charge in [0.05, 0.1) is 6.10 Å². The summed E-state index contributed by atoms with van der Waals surface area (Å²) in [5.41, 5.74) is 1.50. The Bertz CT molecular complexity index is 730. The van der Waals surface area contributed by atoms with E-state index >= 15 is 0 Å². The van der Waals surface area contributed by atoms with Crippen LogP contribution in [0.25, 0.3) is 0 Å². The first-order chi connectivity index (χ1) is 14.6. The highest BCUT2D eigenvalue weighted by atomic mass is 16.4. The molecule has 0 bridgehead atoms. The molecule has 4 heteroatoms. The second-order valence-electron chi connectivity index (χ2n) is 12.4. The fraction of sp³-hybridized carbons (Fsp3) is 0.889. The first-order valence-electron chi connectivity index (χ1n) is 12.9. The van der Waals surface area contributed by atoms with Crippen LogP contribution < -0.4 is 0 Å². The maximum Gasteiger partial charge on any atom is 0.112 e. The summed E-state index contributed by atoms with van der Waals surface area (Å²) in [7, 11) is 0. The maximum absolute atomic E-state index is 11.5. The molecule has 3 fully saturated rings. The zero-order valence-electron chi connectivity index (χ0n) is 20.3. The molecule has 3 N–H and O–H groups in total. The van der Waals surface area contributed by atoms with Gasteiger partial charge in [-0.3, -0.25) is 0 Å². The summed E-state index contributed by atoms with van der Waals surface area (Å²) in [5.74, 6) is 3.29. The highest BCUT2D eigenvalue weighted by molar-refractivity contribution is 6.05. The molecule has 4 aliphatic rings. The van der Waals surface area contributed by atoms with Crippen molar-refractivity contribution in [2.75, 3.05) is 0 Å². The van der Waals surface area contributed by atoms with Crippen molar-refractivity contribution >= 4 is 5.71 Å². The lowest BCUT2D eigenvalue weighted by atomic mass is 9.45. The van der Waals surface area contributed by atoms with E-state index in [-0.39, 0.29) is 16.7 Å². The van der Waals surface area contributed by atoms with E-state index in [0.717, 1.165) is 42.6 Å². The molecule has 0 aromatic heterocycles. The Morgan fingerprint density at radius 3 is 2.42 bits per heavy atom. The number of fused-ring (bicyclic) bond motifs is 5. The van der Waals surface area contributed by atoms with Crippen LogP contribution in [0.5, 0.6) is 0 Å². The largest absolute Gasteiger partial charge is 0.411 e. The molecule has 0 radical (unpaired) electrons. The summed E-state index contributed by atoms with van der Waals surface area (Å²) in [6.45, 7) is 11.9. The van der Waals surface area contributed by atoms with E-state index in [1.54, 1.807) is 0 Å². The number of nitrogens with zero attached hydrogens (tertiary/aromatic N) is 1. The fourth-order valence-corrected chi connectivity index (χ4v) is 8.67. The van der Waals surface area contributed by atoms with Gasteiger partial charge in [-0.15, -0.1) is 0 Å². The molecule has 0 unspecified atom stereocenters. The van der Waals surface area contributed by atoms with E-state index in [4.69, 9.17) is 0 Å². The van der Waals surface area contributed by atoms with E-state index in [1.807, 2.05) is 6.08 Å². The molecule has 4 nitrogen and oxygen atoms in total. The average Bonchev–Trinajstić information content (AvgIpc) is 3.06. The minimum absolute atomic E-state index is 0.104. The van der Waals surface area contributed by atoms with Crippen molar-refractivity contribution in [2.24, 2.45) is 51.5 Å². The molecular formula is C27H45NO3. The van der Waals surface area contributed by atoms with Crippen molar-refractivity contribution in [3.8, 4) is 0 Å². The molecule has 9 atom stereocenters.